The molecule has 0 aromatic carbocycles. The normalized spacial score (nSPS) is 14.3. The van der Waals surface area contributed by atoms with E-state index in [1.54, 1.807) is 0 Å². The van der Waals surface area contributed by atoms with Crippen molar-refractivity contribution in [1.29, 1.82) is 0 Å². The maximum atomic E-state index is 12.9. The van der Waals surface area contributed by atoms with Gasteiger partial charge in [-0.25, -0.2) is 0 Å². The van der Waals surface area contributed by atoms with Crippen LogP contribution in [0.25, 0.3) is 0 Å². The van der Waals surface area contributed by atoms with Crippen LogP contribution in [-0.4, -0.2) is 68.5 Å². The van der Waals surface area contributed by atoms with Gasteiger partial charge in [0.1, 0.15) is 13.2 Å². The van der Waals surface area contributed by atoms with E-state index in [1.165, 1.54) is 173 Å². The molecule has 0 radical (unpaired) electrons. The fraction of sp³-hybridized carbons (Fsp3) is 0.938. The van der Waals surface area contributed by atoms with Crippen LogP contribution in [0.2, 0.25) is 0 Å². The molecule has 0 aliphatic heterocycles. The molecule has 1 amide bonds. The van der Waals surface area contributed by atoms with Crippen LogP contribution in [0, 0.1) is 0 Å². The van der Waals surface area contributed by atoms with Crippen LogP contribution >= 0.6 is 7.82 Å². The van der Waals surface area contributed by atoms with Gasteiger partial charge in [-0.2, -0.15) is 0 Å². The van der Waals surface area contributed by atoms with Crippen molar-refractivity contribution in [2.24, 2.45) is 0 Å². The number of nitrogens with one attached hydrogen (secondary N) is 1. The average molecular weight is 829 g/mol. The lowest BCUT2D eigenvalue weighted by Crippen LogP contribution is -2.46. The number of phosphoric acid groups is 1. The zero-order valence-electron chi connectivity index (χ0n) is 38.6. The molecule has 0 aliphatic rings. The Hall–Kier alpha value is -0.760. The summed E-state index contributed by atoms with van der Waals surface area (Å²) in [5.74, 6) is -0.166. The van der Waals surface area contributed by atoms with Crippen molar-refractivity contribution in [2.45, 2.75) is 251 Å². The van der Waals surface area contributed by atoms with Gasteiger partial charge in [-0.05, 0) is 38.5 Å². The van der Waals surface area contributed by atoms with E-state index >= 15 is 0 Å². The molecule has 0 spiro atoms. The number of hydrogen-bond acceptors (Lipinski definition) is 6. The monoisotopic (exact) mass is 829 g/mol. The second-order valence-electron chi connectivity index (χ2n) is 18.2. The summed E-state index contributed by atoms with van der Waals surface area (Å²) in [6.07, 6.45) is 46.7. The van der Waals surface area contributed by atoms with Crippen molar-refractivity contribution in [2.75, 3.05) is 40.9 Å². The molecule has 0 saturated heterocycles. The molecule has 0 heterocycles. The summed E-state index contributed by atoms with van der Waals surface area (Å²) in [5, 5.41) is 13.9. The van der Waals surface area contributed by atoms with Gasteiger partial charge in [0, 0.05) is 6.42 Å². The van der Waals surface area contributed by atoms with E-state index in [-0.39, 0.29) is 19.1 Å². The van der Waals surface area contributed by atoms with E-state index in [1.807, 2.05) is 21.1 Å². The quantitative estimate of drug-likeness (QED) is 0.0274. The summed E-state index contributed by atoms with van der Waals surface area (Å²) in [4.78, 5) is 25.3. The molecular formula is C48H97N2O6P. The minimum absolute atomic E-state index is 0.0136. The number of unbranched alkanes of at least 4 members (excludes halogenated alkanes) is 30. The first-order valence-electron chi connectivity index (χ1n) is 24.5. The van der Waals surface area contributed by atoms with Crippen molar-refractivity contribution in [3.05, 3.63) is 12.2 Å². The lowest BCUT2D eigenvalue weighted by Gasteiger charge is -2.30. The highest BCUT2D eigenvalue weighted by molar-refractivity contribution is 7.45. The molecule has 8 nitrogen and oxygen atoms in total. The van der Waals surface area contributed by atoms with Gasteiger partial charge in [0.2, 0.25) is 5.91 Å². The Bertz CT molecular complexity index is 942. The van der Waals surface area contributed by atoms with Gasteiger partial charge in [-0.15, -0.1) is 0 Å². The molecule has 3 atom stereocenters. The summed E-state index contributed by atoms with van der Waals surface area (Å²) < 4.78 is 23.2. The predicted octanol–water partition coefficient (Wildman–Crippen LogP) is 13.3. The minimum atomic E-state index is -4.56. The molecule has 0 saturated carbocycles. The highest BCUT2D eigenvalue weighted by Gasteiger charge is 2.24. The number of amides is 1. The molecule has 0 aromatic rings. The van der Waals surface area contributed by atoms with Crippen LogP contribution < -0.4 is 10.2 Å². The van der Waals surface area contributed by atoms with Crippen LogP contribution in [0.5, 0.6) is 0 Å². The SMILES string of the molecule is CCCCCCCCCCCCCC/C=C\CCCCCCCCCCCCC(=O)NC(COP(=O)([O-])OCC[N+](C)(C)C)C(O)CCCCCCCCCCC. The highest BCUT2D eigenvalue weighted by Crippen LogP contribution is 2.38. The van der Waals surface area contributed by atoms with E-state index in [0.717, 1.165) is 38.5 Å². The third-order valence-electron chi connectivity index (χ3n) is 11.3. The largest absolute Gasteiger partial charge is 0.756 e. The van der Waals surface area contributed by atoms with Gasteiger partial charge in [0.05, 0.1) is 39.9 Å². The van der Waals surface area contributed by atoms with E-state index in [0.29, 0.717) is 23.9 Å². The summed E-state index contributed by atoms with van der Waals surface area (Å²) in [6.45, 7) is 4.71. The maximum Gasteiger partial charge on any atom is 0.268 e. The summed E-state index contributed by atoms with van der Waals surface area (Å²) in [7, 11) is 1.31. The van der Waals surface area contributed by atoms with Gasteiger partial charge in [0.25, 0.3) is 7.82 Å². The van der Waals surface area contributed by atoms with Crippen molar-refractivity contribution in [1.82, 2.24) is 5.32 Å². The van der Waals surface area contributed by atoms with Crippen LogP contribution in [0.3, 0.4) is 0 Å². The topological polar surface area (TPSA) is 108 Å². The maximum absolute atomic E-state index is 12.9. The molecule has 0 aromatic heterocycles. The molecule has 9 heteroatoms. The second-order valence-corrected chi connectivity index (χ2v) is 19.6. The van der Waals surface area contributed by atoms with Crippen molar-refractivity contribution >= 4 is 13.7 Å². The Morgan fingerprint density at radius 1 is 0.596 bits per heavy atom. The van der Waals surface area contributed by atoms with Gasteiger partial charge >= 0.3 is 0 Å². The number of phosphoric ester groups is 1. The molecule has 3 unspecified atom stereocenters. The van der Waals surface area contributed by atoms with Gasteiger partial charge in [-0.3, -0.25) is 9.36 Å². The smallest absolute Gasteiger partial charge is 0.268 e. The first kappa shape index (κ1) is 56.2. The number of likely N-dealkylation sites (N-methyl/N-ethyl adjacent to an activating group) is 1. The van der Waals surface area contributed by atoms with Gasteiger partial charge in [0.15, 0.2) is 0 Å². The molecule has 0 aliphatic carbocycles. The molecule has 2 N–H and O–H groups in total. The number of rotatable bonds is 45. The van der Waals surface area contributed by atoms with Crippen LogP contribution in [0.15, 0.2) is 12.2 Å². The average Bonchev–Trinajstić information content (AvgIpc) is 3.16. The molecule has 0 rings (SSSR count). The number of aliphatic hydroxyl groups excluding tert-OH is 1. The predicted molar refractivity (Wildman–Crippen MR) is 242 cm³/mol. The van der Waals surface area contributed by atoms with E-state index in [4.69, 9.17) is 9.05 Å². The molecule has 57 heavy (non-hydrogen) atoms. The lowest BCUT2D eigenvalue weighted by molar-refractivity contribution is -0.870. The Morgan fingerprint density at radius 2 is 0.965 bits per heavy atom. The summed E-state index contributed by atoms with van der Waals surface area (Å²) in [5.41, 5.74) is 0. The Kier molecular flexibility index (Phi) is 40.1. The summed E-state index contributed by atoms with van der Waals surface area (Å²) in [6, 6.07) is -0.795. The van der Waals surface area contributed by atoms with E-state index in [9.17, 15) is 19.4 Å². The Balaban J connectivity index is 4.06. The first-order valence-corrected chi connectivity index (χ1v) is 26.0. The molecule has 0 fully saturated rings. The number of quaternary nitrogens is 1. The minimum Gasteiger partial charge on any atom is -0.756 e. The third-order valence-corrected chi connectivity index (χ3v) is 12.2. The molecular weight excluding hydrogens is 732 g/mol. The van der Waals surface area contributed by atoms with Crippen LogP contribution in [-0.2, 0) is 18.4 Å². The number of nitrogens with zero attached hydrogens (tertiary/aromatic N) is 1. The first-order chi connectivity index (χ1) is 27.5. The standard InChI is InChI=1S/C48H97N2O6P/c1-6-8-10-12-14-16-17-18-19-20-21-22-23-24-25-26-27-28-29-30-31-32-34-36-38-40-42-48(52)49-46(45-56-57(53,54)55-44-43-50(3,4)5)47(51)41-39-37-35-33-15-13-11-9-7-2/h24-25,46-47,51H,6-23,26-45H2,1-5H3,(H-,49,52,53,54)/b25-24-. The number of carbonyl (C=O) groups is 1. The fourth-order valence-corrected chi connectivity index (χ4v) is 8.05. The van der Waals surface area contributed by atoms with E-state index < -0.39 is 20.0 Å². The molecule has 340 valence electrons. The fourth-order valence-electron chi connectivity index (χ4n) is 7.33. The molecule has 0 bridgehead atoms. The summed E-state index contributed by atoms with van der Waals surface area (Å²) >= 11 is 0. The Labute approximate surface area is 354 Å². The van der Waals surface area contributed by atoms with E-state index in [2.05, 4.69) is 31.3 Å². The lowest BCUT2D eigenvalue weighted by atomic mass is 10.0. The number of carbonyl (C=O) groups excluding carboxylic acids is 1. The number of allylic oxidation sites excluding steroid dienone is 2. The highest BCUT2D eigenvalue weighted by atomic mass is 31.2. The van der Waals surface area contributed by atoms with Crippen LogP contribution in [0.4, 0.5) is 0 Å². The van der Waals surface area contributed by atoms with Gasteiger partial charge < -0.3 is 28.8 Å². The Morgan fingerprint density at radius 3 is 1.37 bits per heavy atom. The van der Waals surface area contributed by atoms with Crippen LogP contribution in [0.1, 0.15) is 239 Å². The third kappa shape index (κ3) is 43.1. The zero-order chi connectivity index (χ0) is 42.1. The van der Waals surface area contributed by atoms with Gasteiger partial charge in [-0.1, -0.05) is 206 Å². The number of hydrogen-bond donors (Lipinski definition) is 2. The zero-order valence-corrected chi connectivity index (χ0v) is 39.5. The van der Waals surface area contributed by atoms with Crippen molar-refractivity contribution in [3.8, 4) is 0 Å². The second kappa shape index (κ2) is 40.6. The van der Waals surface area contributed by atoms with Crippen molar-refractivity contribution in [3.63, 3.8) is 0 Å². The number of aliphatic hydroxyl groups is 1. The van der Waals surface area contributed by atoms with Crippen molar-refractivity contribution < 1.29 is 32.9 Å².